The number of aromatic nitrogens is 1. The lowest BCUT2D eigenvalue weighted by Crippen LogP contribution is -2.07. The van der Waals surface area contributed by atoms with Gasteiger partial charge in [0.25, 0.3) is 0 Å². The molecule has 0 saturated heterocycles. The van der Waals surface area contributed by atoms with E-state index in [9.17, 15) is 0 Å². The SMILES string of the molecule is COc1cc(OC)c(-c2oncc2-c2ccc(N(C)C)cc2)cc1OC. The van der Waals surface area contributed by atoms with Gasteiger partial charge >= 0.3 is 0 Å². The summed E-state index contributed by atoms with van der Waals surface area (Å²) in [5.74, 6) is 2.41. The van der Waals surface area contributed by atoms with Crippen LogP contribution in [-0.4, -0.2) is 40.6 Å². The van der Waals surface area contributed by atoms with Crippen LogP contribution in [0.5, 0.6) is 17.2 Å². The molecule has 3 rings (SSSR count). The summed E-state index contributed by atoms with van der Waals surface area (Å²) in [6.45, 7) is 0. The molecule has 1 aromatic heterocycles. The summed E-state index contributed by atoms with van der Waals surface area (Å²) < 4.78 is 21.8. The van der Waals surface area contributed by atoms with Crippen molar-refractivity contribution in [2.45, 2.75) is 0 Å². The van der Waals surface area contributed by atoms with Crippen LogP contribution >= 0.6 is 0 Å². The van der Waals surface area contributed by atoms with Gasteiger partial charge in [-0.05, 0) is 23.8 Å². The Bertz CT molecular complexity index is 885. The summed E-state index contributed by atoms with van der Waals surface area (Å²) in [6, 6.07) is 11.8. The maximum Gasteiger partial charge on any atom is 0.178 e. The largest absolute Gasteiger partial charge is 0.496 e. The predicted molar refractivity (Wildman–Crippen MR) is 101 cm³/mol. The fraction of sp³-hybridized carbons (Fsp3) is 0.250. The number of ether oxygens (including phenoxy) is 3. The molecule has 6 nitrogen and oxygen atoms in total. The van der Waals surface area contributed by atoms with Crippen molar-refractivity contribution in [3.8, 4) is 39.7 Å². The van der Waals surface area contributed by atoms with Gasteiger partial charge in [-0.25, -0.2) is 0 Å². The maximum atomic E-state index is 5.56. The molecule has 0 atom stereocenters. The van der Waals surface area contributed by atoms with E-state index < -0.39 is 0 Å². The van der Waals surface area contributed by atoms with Crippen LogP contribution in [0.4, 0.5) is 5.69 Å². The number of rotatable bonds is 6. The van der Waals surface area contributed by atoms with Crippen LogP contribution in [-0.2, 0) is 0 Å². The first-order valence-electron chi connectivity index (χ1n) is 8.11. The number of benzene rings is 2. The van der Waals surface area contributed by atoms with E-state index in [-0.39, 0.29) is 0 Å². The second-order valence-corrected chi connectivity index (χ2v) is 5.92. The molecule has 2 aromatic carbocycles. The maximum absolute atomic E-state index is 5.56. The fourth-order valence-electron chi connectivity index (χ4n) is 2.79. The average molecular weight is 354 g/mol. The van der Waals surface area contributed by atoms with Crippen LogP contribution in [0.3, 0.4) is 0 Å². The third kappa shape index (κ3) is 3.18. The Balaban J connectivity index is 2.11. The zero-order valence-corrected chi connectivity index (χ0v) is 15.6. The second-order valence-electron chi connectivity index (χ2n) is 5.92. The van der Waals surface area contributed by atoms with Crippen molar-refractivity contribution in [3.05, 3.63) is 42.6 Å². The zero-order valence-electron chi connectivity index (χ0n) is 15.6. The van der Waals surface area contributed by atoms with Gasteiger partial charge < -0.3 is 23.6 Å². The number of anilines is 1. The Morgan fingerprint density at radius 2 is 1.42 bits per heavy atom. The van der Waals surface area contributed by atoms with Gasteiger partial charge in [0.15, 0.2) is 17.3 Å². The van der Waals surface area contributed by atoms with Crippen molar-refractivity contribution in [1.82, 2.24) is 5.16 Å². The lowest BCUT2D eigenvalue weighted by molar-refractivity contribution is 0.348. The van der Waals surface area contributed by atoms with E-state index in [1.807, 2.05) is 32.3 Å². The molecule has 0 fully saturated rings. The third-order valence-electron chi connectivity index (χ3n) is 4.22. The molecule has 0 radical (unpaired) electrons. The third-order valence-corrected chi connectivity index (χ3v) is 4.22. The number of methoxy groups -OCH3 is 3. The van der Waals surface area contributed by atoms with Gasteiger partial charge in [0.1, 0.15) is 5.75 Å². The number of hydrogen-bond donors (Lipinski definition) is 0. The van der Waals surface area contributed by atoms with Crippen LogP contribution in [0.25, 0.3) is 22.5 Å². The van der Waals surface area contributed by atoms with E-state index in [0.717, 1.165) is 22.4 Å². The molecule has 26 heavy (non-hydrogen) atoms. The van der Waals surface area contributed by atoms with Gasteiger partial charge in [0.2, 0.25) is 0 Å². The molecule has 0 aliphatic rings. The second kappa shape index (κ2) is 7.39. The molecule has 136 valence electrons. The summed E-state index contributed by atoms with van der Waals surface area (Å²) in [6.07, 6.45) is 1.70. The highest BCUT2D eigenvalue weighted by atomic mass is 16.5. The van der Waals surface area contributed by atoms with Crippen LogP contribution in [0, 0.1) is 0 Å². The number of nitrogens with zero attached hydrogens (tertiary/aromatic N) is 2. The van der Waals surface area contributed by atoms with Crippen LogP contribution in [0.2, 0.25) is 0 Å². The molecule has 0 aliphatic carbocycles. The molecular formula is C20H22N2O4. The Morgan fingerprint density at radius 1 is 0.808 bits per heavy atom. The van der Waals surface area contributed by atoms with Crippen molar-refractivity contribution < 1.29 is 18.7 Å². The summed E-state index contributed by atoms with van der Waals surface area (Å²) in [4.78, 5) is 2.05. The highest BCUT2D eigenvalue weighted by Gasteiger charge is 2.20. The smallest absolute Gasteiger partial charge is 0.178 e. The Hall–Kier alpha value is -3.15. The molecular weight excluding hydrogens is 332 g/mol. The Kier molecular flexibility index (Phi) is 5.02. The molecule has 6 heteroatoms. The lowest BCUT2D eigenvalue weighted by Gasteiger charge is -2.14. The molecule has 0 N–H and O–H groups in total. The molecule has 0 amide bonds. The van der Waals surface area contributed by atoms with Crippen LogP contribution in [0.1, 0.15) is 0 Å². The van der Waals surface area contributed by atoms with Crippen LogP contribution < -0.4 is 19.1 Å². The highest BCUT2D eigenvalue weighted by Crippen LogP contribution is 2.43. The quantitative estimate of drug-likeness (QED) is 0.664. The Morgan fingerprint density at radius 3 is 2.00 bits per heavy atom. The lowest BCUT2D eigenvalue weighted by atomic mass is 10.0. The van der Waals surface area contributed by atoms with E-state index in [4.69, 9.17) is 18.7 Å². The van der Waals surface area contributed by atoms with E-state index >= 15 is 0 Å². The fourth-order valence-corrected chi connectivity index (χ4v) is 2.79. The highest BCUT2D eigenvalue weighted by molar-refractivity contribution is 5.83. The minimum atomic E-state index is 0.588. The summed E-state index contributed by atoms with van der Waals surface area (Å²) >= 11 is 0. The van der Waals surface area contributed by atoms with Crippen molar-refractivity contribution in [3.63, 3.8) is 0 Å². The van der Waals surface area contributed by atoms with E-state index in [2.05, 4.69) is 22.2 Å². The topological polar surface area (TPSA) is 57.0 Å². The number of hydrogen-bond acceptors (Lipinski definition) is 6. The predicted octanol–water partition coefficient (Wildman–Crippen LogP) is 4.10. The monoisotopic (exact) mass is 354 g/mol. The van der Waals surface area contributed by atoms with Gasteiger partial charge in [0, 0.05) is 31.4 Å². The van der Waals surface area contributed by atoms with Crippen molar-refractivity contribution >= 4 is 5.69 Å². The summed E-state index contributed by atoms with van der Waals surface area (Å²) in [5, 5.41) is 3.99. The van der Waals surface area contributed by atoms with E-state index in [1.54, 1.807) is 33.6 Å². The molecule has 0 aliphatic heterocycles. The molecule has 0 spiro atoms. The molecule has 0 saturated carbocycles. The Labute approximate surface area is 152 Å². The summed E-state index contributed by atoms with van der Waals surface area (Å²) in [5.41, 5.74) is 3.74. The van der Waals surface area contributed by atoms with Crippen molar-refractivity contribution in [1.29, 1.82) is 0 Å². The zero-order chi connectivity index (χ0) is 18.7. The van der Waals surface area contributed by atoms with Crippen LogP contribution in [0.15, 0.2) is 47.1 Å². The molecule has 3 aromatic rings. The molecule has 0 unspecified atom stereocenters. The first-order valence-corrected chi connectivity index (χ1v) is 8.11. The van der Waals surface area contributed by atoms with Gasteiger partial charge in [-0.1, -0.05) is 17.3 Å². The standard InChI is InChI=1S/C20H22N2O4/c1-22(2)14-8-6-13(7-9-14)16-12-21-26-20(16)15-10-18(24-4)19(25-5)11-17(15)23-3/h6-12H,1-5H3. The van der Waals surface area contributed by atoms with E-state index in [1.165, 1.54) is 0 Å². The molecule has 0 bridgehead atoms. The first-order chi connectivity index (χ1) is 12.6. The first kappa shape index (κ1) is 17.7. The normalized spacial score (nSPS) is 10.5. The minimum absolute atomic E-state index is 0.588. The van der Waals surface area contributed by atoms with Gasteiger partial charge in [-0.3, -0.25) is 0 Å². The van der Waals surface area contributed by atoms with Gasteiger partial charge in [0.05, 0.1) is 33.1 Å². The summed E-state index contributed by atoms with van der Waals surface area (Å²) in [7, 11) is 8.80. The minimum Gasteiger partial charge on any atom is -0.496 e. The van der Waals surface area contributed by atoms with Gasteiger partial charge in [-0.2, -0.15) is 0 Å². The van der Waals surface area contributed by atoms with Crippen molar-refractivity contribution in [2.24, 2.45) is 0 Å². The van der Waals surface area contributed by atoms with E-state index in [0.29, 0.717) is 23.0 Å². The van der Waals surface area contributed by atoms with Gasteiger partial charge in [-0.15, -0.1) is 0 Å². The van der Waals surface area contributed by atoms with Crippen molar-refractivity contribution in [2.75, 3.05) is 40.3 Å². The molecule has 1 heterocycles. The average Bonchev–Trinajstić information content (AvgIpc) is 3.16.